The van der Waals surface area contributed by atoms with Crippen LogP contribution in [0.25, 0.3) is 16.5 Å². The molecule has 0 radical (unpaired) electrons. The Morgan fingerprint density at radius 2 is 2.33 bits per heavy atom. The predicted octanol–water partition coefficient (Wildman–Crippen LogP) is 4.30. The average molecular weight is 270 g/mol. The fourth-order valence-electron chi connectivity index (χ4n) is 1.05. The molecule has 0 spiro atoms. The van der Waals surface area contributed by atoms with Crippen LogP contribution < -0.4 is 0 Å². The van der Waals surface area contributed by atoms with Gasteiger partial charge in [0.25, 0.3) is 0 Å². The predicted molar refractivity (Wildman–Crippen MR) is 61.8 cm³/mol. The van der Waals surface area contributed by atoms with Crippen molar-refractivity contribution in [3.8, 4) is 0 Å². The van der Waals surface area contributed by atoms with Gasteiger partial charge in [-0.3, -0.25) is 0 Å². The highest BCUT2D eigenvalue weighted by atomic mass is 79.9. The molecule has 0 fully saturated rings. The van der Waals surface area contributed by atoms with E-state index in [1.54, 1.807) is 24.3 Å². The summed E-state index contributed by atoms with van der Waals surface area (Å²) in [6.45, 7) is 0.388. The van der Waals surface area contributed by atoms with Crippen LogP contribution in [0.3, 0.4) is 0 Å². The van der Waals surface area contributed by atoms with Crippen LogP contribution in [0.1, 0.15) is 12.0 Å². The zero-order valence-electron chi connectivity index (χ0n) is 7.90. The molecular weight excluding hydrogens is 261 g/mol. The smallest absolute Gasteiger partial charge is 0.131 e. The minimum absolute atomic E-state index is 0.274. The van der Waals surface area contributed by atoms with Crippen LogP contribution in [0, 0.1) is 5.82 Å². The Bertz CT molecular complexity index is 391. The number of halogens is 2. The maximum absolute atomic E-state index is 13.3. The van der Waals surface area contributed by atoms with Gasteiger partial charge in [-0.05, 0) is 24.1 Å². The van der Waals surface area contributed by atoms with Gasteiger partial charge in [0.2, 0.25) is 0 Å². The number of hydrogen-bond acceptors (Lipinski definition) is 1. The van der Waals surface area contributed by atoms with Gasteiger partial charge in [0.1, 0.15) is 5.82 Å². The summed E-state index contributed by atoms with van der Waals surface area (Å²) in [7, 11) is 0. The number of azide groups is 1. The van der Waals surface area contributed by atoms with E-state index in [0.29, 0.717) is 23.0 Å². The van der Waals surface area contributed by atoms with Gasteiger partial charge in [0.15, 0.2) is 0 Å². The molecule has 0 N–H and O–H groups in total. The summed E-state index contributed by atoms with van der Waals surface area (Å²) in [6.07, 6.45) is 4.05. The second kappa shape index (κ2) is 6.22. The fraction of sp³-hybridized carbons (Fsp3) is 0.200. The first-order valence-corrected chi connectivity index (χ1v) is 5.16. The lowest BCUT2D eigenvalue weighted by atomic mass is 10.2. The third-order valence-corrected chi connectivity index (χ3v) is 2.43. The van der Waals surface area contributed by atoms with Crippen molar-refractivity contribution in [2.24, 2.45) is 5.11 Å². The molecule has 1 aromatic carbocycles. The van der Waals surface area contributed by atoms with Crippen LogP contribution in [-0.4, -0.2) is 6.54 Å². The quantitative estimate of drug-likeness (QED) is 0.339. The molecule has 0 amide bonds. The minimum atomic E-state index is -0.274. The van der Waals surface area contributed by atoms with Crippen LogP contribution in [0.5, 0.6) is 0 Å². The van der Waals surface area contributed by atoms with Crippen LogP contribution >= 0.6 is 15.9 Å². The van der Waals surface area contributed by atoms with Crippen molar-refractivity contribution in [2.75, 3.05) is 6.54 Å². The van der Waals surface area contributed by atoms with E-state index < -0.39 is 0 Å². The topological polar surface area (TPSA) is 48.8 Å². The summed E-state index contributed by atoms with van der Waals surface area (Å²) >= 11 is 3.26. The first-order chi connectivity index (χ1) is 7.25. The Morgan fingerprint density at radius 1 is 1.53 bits per heavy atom. The molecule has 0 aliphatic heterocycles. The van der Waals surface area contributed by atoms with Crippen molar-refractivity contribution in [1.29, 1.82) is 0 Å². The number of rotatable bonds is 4. The highest BCUT2D eigenvalue weighted by Gasteiger charge is 2.01. The average Bonchev–Trinajstić information content (AvgIpc) is 2.21. The summed E-state index contributed by atoms with van der Waals surface area (Å²) < 4.78 is 14.0. The molecule has 0 heterocycles. The Morgan fingerprint density at radius 3 is 3.00 bits per heavy atom. The Hall–Kier alpha value is -1.32. The molecule has 0 aromatic heterocycles. The minimum Gasteiger partial charge on any atom is -0.206 e. The molecular formula is C10H9BrFN3. The standard InChI is InChI=1S/C10H9BrFN3/c11-9-5-3-6-10(12)8(9)4-1-2-7-14-15-13/h1,3-6H,2,7H2. The fourth-order valence-corrected chi connectivity index (χ4v) is 1.52. The van der Waals surface area contributed by atoms with Gasteiger partial charge in [0, 0.05) is 21.5 Å². The van der Waals surface area contributed by atoms with Gasteiger partial charge in [-0.15, -0.1) is 0 Å². The van der Waals surface area contributed by atoms with E-state index in [1.807, 2.05) is 0 Å². The van der Waals surface area contributed by atoms with Gasteiger partial charge in [-0.1, -0.05) is 39.3 Å². The zero-order valence-corrected chi connectivity index (χ0v) is 9.48. The van der Waals surface area contributed by atoms with Crippen LogP contribution in [0.2, 0.25) is 0 Å². The Kier molecular flexibility index (Phi) is 4.87. The normalized spacial score (nSPS) is 10.3. The van der Waals surface area contributed by atoms with E-state index in [0.717, 1.165) is 0 Å². The van der Waals surface area contributed by atoms with Crippen molar-refractivity contribution in [3.63, 3.8) is 0 Å². The third kappa shape index (κ3) is 3.73. The molecule has 0 saturated carbocycles. The molecule has 0 aliphatic rings. The number of hydrogen-bond donors (Lipinski definition) is 0. The molecule has 15 heavy (non-hydrogen) atoms. The molecule has 0 bridgehead atoms. The molecule has 0 atom stereocenters. The van der Waals surface area contributed by atoms with E-state index in [-0.39, 0.29) is 5.82 Å². The second-order valence-electron chi connectivity index (χ2n) is 2.78. The summed E-state index contributed by atoms with van der Waals surface area (Å²) in [6, 6.07) is 4.81. The van der Waals surface area contributed by atoms with Crippen molar-refractivity contribution in [1.82, 2.24) is 0 Å². The summed E-state index contributed by atoms with van der Waals surface area (Å²) in [4.78, 5) is 2.62. The molecule has 0 aliphatic carbocycles. The molecule has 1 rings (SSSR count). The molecule has 0 saturated heterocycles. The highest BCUT2D eigenvalue weighted by Crippen LogP contribution is 2.20. The molecule has 78 valence electrons. The van der Waals surface area contributed by atoms with Crippen molar-refractivity contribution in [3.05, 3.63) is 50.6 Å². The van der Waals surface area contributed by atoms with Crippen molar-refractivity contribution >= 4 is 22.0 Å². The SMILES string of the molecule is [N-]=[N+]=NCCC=Cc1c(F)cccc1Br. The van der Waals surface area contributed by atoms with Gasteiger partial charge in [0.05, 0.1) is 0 Å². The Balaban J connectivity index is 2.67. The van der Waals surface area contributed by atoms with Crippen LogP contribution in [-0.2, 0) is 0 Å². The first-order valence-electron chi connectivity index (χ1n) is 4.37. The molecule has 0 unspecified atom stereocenters. The summed E-state index contributed by atoms with van der Waals surface area (Å²) in [5.41, 5.74) is 8.55. The number of benzene rings is 1. The van der Waals surface area contributed by atoms with Crippen molar-refractivity contribution in [2.45, 2.75) is 6.42 Å². The first kappa shape index (κ1) is 11.8. The summed E-state index contributed by atoms with van der Waals surface area (Å²) in [5.74, 6) is -0.274. The highest BCUT2D eigenvalue weighted by molar-refractivity contribution is 9.10. The molecule has 1 aromatic rings. The van der Waals surface area contributed by atoms with Gasteiger partial charge in [-0.25, -0.2) is 4.39 Å². The van der Waals surface area contributed by atoms with Crippen LogP contribution in [0.4, 0.5) is 4.39 Å². The monoisotopic (exact) mass is 269 g/mol. The van der Waals surface area contributed by atoms with Gasteiger partial charge < -0.3 is 0 Å². The van der Waals surface area contributed by atoms with Gasteiger partial charge >= 0.3 is 0 Å². The van der Waals surface area contributed by atoms with E-state index in [1.165, 1.54) is 6.07 Å². The lowest BCUT2D eigenvalue weighted by molar-refractivity contribution is 0.624. The third-order valence-electron chi connectivity index (χ3n) is 1.74. The van der Waals surface area contributed by atoms with Gasteiger partial charge in [-0.2, -0.15) is 0 Å². The Labute approximate surface area is 95.4 Å². The van der Waals surface area contributed by atoms with E-state index >= 15 is 0 Å². The second-order valence-corrected chi connectivity index (χ2v) is 3.64. The van der Waals surface area contributed by atoms with Crippen LogP contribution in [0.15, 0.2) is 33.9 Å². The van der Waals surface area contributed by atoms with E-state index in [2.05, 4.69) is 26.0 Å². The molecule has 3 nitrogen and oxygen atoms in total. The lowest BCUT2D eigenvalue weighted by Gasteiger charge is -1.99. The molecule has 5 heteroatoms. The van der Waals surface area contributed by atoms with E-state index in [9.17, 15) is 4.39 Å². The zero-order chi connectivity index (χ0) is 11.1. The number of nitrogens with zero attached hydrogens (tertiary/aromatic N) is 3. The lowest BCUT2D eigenvalue weighted by Crippen LogP contribution is -1.83. The van der Waals surface area contributed by atoms with E-state index in [4.69, 9.17) is 5.53 Å². The maximum atomic E-state index is 13.3. The largest absolute Gasteiger partial charge is 0.206 e. The maximum Gasteiger partial charge on any atom is 0.131 e. The van der Waals surface area contributed by atoms with Crippen molar-refractivity contribution < 1.29 is 4.39 Å². The summed E-state index contributed by atoms with van der Waals surface area (Å²) in [5, 5.41) is 3.37.